The molecular weight excluding hydrogens is 238 g/mol. The second-order valence-electron chi connectivity index (χ2n) is 5.61. The zero-order valence-corrected chi connectivity index (χ0v) is 11.9. The lowest BCUT2D eigenvalue weighted by atomic mass is 9.79. The van der Waals surface area contributed by atoms with Crippen LogP contribution in [0.25, 0.3) is 0 Å². The van der Waals surface area contributed by atoms with Crippen molar-refractivity contribution in [3.63, 3.8) is 0 Å². The summed E-state index contributed by atoms with van der Waals surface area (Å²) in [5, 5.41) is 3.31. The van der Waals surface area contributed by atoms with E-state index in [2.05, 4.69) is 17.2 Å². The smallest absolute Gasteiger partial charge is 0.228 e. The van der Waals surface area contributed by atoms with Crippen LogP contribution in [0.1, 0.15) is 25.5 Å². The van der Waals surface area contributed by atoms with Gasteiger partial charge in [-0.25, -0.2) is 0 Å². The second kappa shape index (κ2) is 6.15. The Morgan fingerprint density at radius 3 is 2.79 bits per heavy atom. The topological polar surface area (TPSA) is 45.2 Å². The number of hydrogen-bond donors (Lipinski definition) is 1. The fourth-order valence-corrected chi connectivity index (χ4v) is 2.58. The molecule has 0 saturated carbocycles. The van der Waals surface area contributed by atoms with Crippen molar-refractivity contribution in [1.82, 2.24) is 15.2 Å². The van der Waals surface area contributed by atoms with Crippen LogP contribution in [0.3, 0.4) is 0 Å². The van der Waals surface area contributed by atoms with Crippen LogP contribution in [0.15, 0.2) is 24.4 Å². The molecule has 0 spiro atoms. The first kappa shape index (κ1) is 14.0. The fourth-order valence-electron chi connectivity index (χ4n) is 2.58. The Balaban J connectivity index is 1.88. The van der Waals surface area contributed by atoms with Crippen LogP contribution in [-0.4, -0.2) is 42.5 Å². The van der Waals surface area contributed by atoms with Gasteiger partial charge in [0.05, 0.1) is 0 Å². The van der Waals surface area contributed by atoms with Gasteiger partial charge in [0.1, 0.15) is 0 Å². The molecule has 0 unspecified atom stereocenters. The maximum Gasteiger partial charge on any atom is 0.228 e. The van der Waals surface area contributed by atoms with Crippen LogP contribution in [0.4, 0.5) is 0 Å². The molecule has 1 amide bonds. The van der Waals surface area contributed by atoms with Crippen molar-refractivity contribution in [1.29, 1.82) is 0 Å². The van der Waals surface area contributed by atoms with Gasteiger partial charge in [-0.2, -0.15) is 0 Å². The Labute approximate surface area is 115 Å². The number of nitrogens with zero attached hydrogens (tertiary/aromatic N) is 2. The van der Waals surface area contributed by atoms with Crippen molar-refractivity contribution >= 4 is 5.91 Å². The monoisotopic (exact) mass is 261 g/mol. The number of nitrogens with one attached hydrogen (secondary N) is 1. The molecule has 104 valence electrons. The molecule has 1 aliphatic rings. The van der Waals surface area contributed by atoms with E-state index in [9.17, 15) is 4.79 Å². The van der Waals surface area contributed by atoms with Crippen molar-refractivity contribution in [2.45, 2.75) is 26.2 Å². The van der Waals surface area contributed by atoms with Crippen LogP contribution in [0.5, 0.6) is 0 Å². The van der Waals surface area contributed by atoms with Gasteiger partial charge >= 0.3 is 0 Å². The van der Waals surface area contributed by atoms with E-state index in [1.165, 1.54) is 0 Å². The summed E-state index contributed by atoms with van der Waals surface area (Å²) in [7, 11) is 1.90. The van der Waals surface area contributed by atoms with Crippen LogP contribution in [-0.2, 0) is 11.2 Å². The maximum atomic E-state index is 12.5. The first-order valence-corrected chi connectivity index (χ1v) is 6.98. The molecule has 1 aliphatic heterocycles. The van der Waals surface area contributed by atoms with Gasteiger partial charge in [0.15, 0.2) is 0 Å². The third-order valence-electron chi connectivity index (χ3n) is 4.00. The summed E-state index contributed by atoms with van der Waals surface area (Å²) in [4.78, 5) is 18.7. The van der Waals surface area contributed by atoms with E-state index in [1.807, 2.05) is 30.1 Å². The van der Waals surface area contributed by atoms with E-state index >= 15 is 0 Å². The molecule has 19 heavy (non-hydrogen) atoms. The number of likely N-dealkylation sites (N-methyl/N-ethyl adjacent to an activating group) is 1. The Hall–Kier alpha value is -1.42. The lowest BCUT2D eigenvalue weighted by molar-refractivity contribution is -0.141. The van der Waals surface area contributed by atoms with E-state index < -0.39 is 0 Å². The van der Waals surface area contributed by atoms with Gasteiger partial charge in [-0.05, 0) is 38.1 Å². The van der Waals surface area contributed by atoms with Crippen LogP contribution in [0, 0.1) is 5.41 Å². The third-order valence-corrected chi connectivity index (χ3v) is 4.00. The van der Waals surface area contributed by atoms with Gasteiger partial charge in [-0.15, -0.1) is 0 Å². The highest BCUT2D eigenvalue weighted by Gasteiger charge is 2.36. The molecule has 1 fully saturated rings. The molecule has 4 nitrogen and oxygen atoms in total. The summed E-state index contributed by atoms with van der Waals surface area (Å²) < 4.78 is 0. The van der Waals surface area contributed by atoms with Gasteiger partial charge in [0.25, 0.3) is 0 Å². The van der Waals surface area contributed by atoms with Crippen molar-refractivity contribution in [3.05, 3.63) is 30.1 Å². The molecule has 0 radical (unpaired) electrons. The van der Waals surface area contributed by atoms with Gasteiger partial charge in [-0.1, -0.05) is 13.0 Å². The SMILES string of the molecule is CN(CCc1ccccn1)C(=O)C1(C)CCNCC1. The van der Waals surface area contributed by atoms with Crippen molar-refractivity contribution in [2.24, 2.45) is 5.41 Å². The molecule has 1 saturated heterocycles. The largest absolute Gasteiger partial charge is 0.345 e. The summed E-state index contributed by atoms with van der Waals surface area (Å²) in [6.45, 7) is 4.71. The highest BCUT2D eigenvalue weighted by Crippen LogP contribution is 2.29. The molecule has 4 heteroatoms. The highest BCUT2D eigenvalue weighted by molar-refractivity contribution is 5.82. The van der Waals surface area contributed by atoms with Crippen LogP contribution >= 0.6 is 0 Å². The summed E-state index contributed by atoms with van der Waals surface area (Å²) in [5.41, 5.74) is 0.849. The number of rotatable bonds is 4. The quantitative estimate of drug-likeness (QED) is 0.893. The van der Waals surface area contributed by atoms with Gasteiger partial charge in [-0.3, -0.25) is 9.78 Å². The summed E-state index contributed by atoms with van der Waals surface area (Å²) in [6, 6.07) is 5.90. The predicted molar refractivity (Wildman–Crippen MR) is 75.8 cm³/mol. The standard InChI is InChI=1S/C15H23N3O/c1-15(7-10-16-11-8-15)14(19)18(2)12-6-13-5-3-4-9-17-13/h3-5,9,16H,6-8,10-12H2,1-2H3. The number of aromatic nitrogens is 1. The average Bonchev–Trinajstić information content (AvgIpc) is 2.46. The summed E-state index contributed by atoms with van der Waals surface area (Å²) in [5.74, 6) is 0.268. The molecule has 0 atom stereocenters. The highest BCUT2D eigenvalue weighted by atomic mass is 16.2. The first-order chi connectivity index (χ1) is 9.12. The maximum absolute atomic E-state index is 12.5. The predicted octanol–water partition coefficient (Wildman–Crippen LogP) is 1.47. The minimum Gasteiger partial charge on any atom is -0.345 e. The molecule has 1 aromatic heterocycles. The first-order valence-electron chi connectivity index (χ1n) is 6.98. The number of pyridine rings is 1. The fraction of sp³-hybridized carbons (Fsp3) is 0.600. The molecule has 1 N–H and O–H groups in total. The minimum absolute atomic E-state index is 0.190. The molecule has 0 bridgehead atoms. The van der Waals surface area contributed by atoms with E-state index in [4.69, 9.17) is 0 Å². The Morgan fingerprint density at radius 2 is 2.16 bits per heavy atom. The number of carbonyl (C=O) groups is 1. The molecule has 0 aliphatic carbocycles. The van der Waals surface area contributed by atoms with Crippen LogP contribution in [0.2, 0.25) is 0 Å². The number of carbonyl (C=O) groups excluding carboxylic acids is 1. The Morgan fingerprint density at radius 1 is 1.42 bits per heavy atom. The molecular formula is C15H23N3O. The van der Waals surface area contributed by atoms with E-state index in [0.717, 1.165) is 44.6 Å². The van der Waals surface area contributed by atoms with Gasteiger partial charge < -0.3 is 10.2 Å². The zero-order valence-electron chi connectivity index (χ0n) is 11.9. The minimum atomic E-state index is -0.190. The number of hydrogen-bond acceptors (Lipinski definition) is 3. The van der Waals surface area contributed by atoms with Crippen LogP contribution < -0.4 is 5.32 Å². The number of piperidine rings is 1. The van der Waals surface area contributed by atoms with E-state index in [1.54, 1.807) is 6.20 Å². The molecule has 2 heterocycles. The number of amides is 1. The lowest BCUT2D eigenvalue weighted by Gasteiger charge is -2.36. The second-order valence-corrected chi connectivity index (χ2v) is 5.61. The van der Waals surface area contributed by atoms with E-state index in [-0.39, 0.29) is 11.3 Å². The van der Waals surface area contributed by atoms with Crippen molar-refractivity contribution < 1.29 is 4.79 Å². The molecule has 0 aromatic carbocycles. The Kier molecular flexibility index (Phi) is 4.53. The summed E-state index contributed by atoms with van der Waals surface area (Å²) in [6.07, 6.45) is 4.47. The third kappa shape index (κ3) is 3.53. The Bertz CT molecular complexity index is 413. The van der Waals surface area contributed by atoms with Crippen molar-refractivity contribution in [3.8, 4) is 0 Å². The summed E-state index contributed by atoms with van der Waals surface area (Å²) >= 11 is 0. The van der Waals surface area contributed by atoms with E-state index in [0.29, 0.717) is 0 Å². The van der Waals surface area contributed by atoms with Gasteiger partial charge in [0, 0.05) is 37.3 Å². The van der Waals surface area contributed by atoms with Gasteiger partial charge in [0.2, 0.25) is 5.91 Å². The lowest BCUT2D eigenvalue weighted by Crippen LogP contribution is -2.46. The normalized spacial score (nSPS) is 18.0. The molecule has 1 aromatic rings. The zero-order chi connectivity index (χ0) is 13.7. The molecule has 2 rings (SSSR count). The van der Waals surface area contributed by atoms with Crippen molar-refractivity contribution in [2.75, 3.05) is 26.7 Å². The average molecular weight is 261 g/mol.